The maximum Gasteiger partial charge on any atom is 0.283 e. The Bertz CT molecular complexity index is 1170. The minimum absolute atomic E-state index is 0.0507. The number of aromatic hydroxyl groups is 2. The summed E-state index contributed by atoms with van der Waals surface area (Å²) in [5.74, 6) is -1.18. The number of hydrogen-bond acceptors (Lipinski definition) is 4. The number of benzene rings is 3. The number of halogens is 4. The van der Waals surface area contributed by atoms with Crippen LogP contribution < -0.4 is 0 Å². The highest BCUT2D eigenvalue weighted by Gasteiger charge is 2.50. The van der Waals surface area contributed by atoms with E-state index in [1.807, 2.05) is 0 Å². The van der Waals surface area contributed by atoms with Crippen LogP contribution in [0.2, 0.25) is 20.1 Å². The molecule has 0 saturated carbocycles. The van der Waals surface area contributed by atoms with Crippen molar-refractivity contribution in [1.82, 2.24) is 0 Å². The maximum absolute atomic E-state index is 12.9. The lowest BCUT2D eigenvalue weighted by molar-refractivity contribution is 0.444. The first-order valence-electron chi connectivity index (χ1n) is 7.89. The van der Waals surface area contributed by atoms with E-state index in [0.717, 1.165) is 12.1 Å². The first-order chi connectivity index (χ1) is 13.5. The zero-order chi connectivity index (χ0) is 21.6. The third-order valence-electron chi connectivity index (χ3n) is 4.39. The molecule has 0 amide bonds. The molecule has 152 valence electrons. The van der Waals surface area contributed by atoms with E-state index in [9.17, 15) is 23.2 Å². The zero-order valence-electron chi connectivity index (χ0n) is 14.3. The van der Waals surface area contributed by atoms with Crippen molar-refractivity contribution in [3.63, 3.8) is 0 Å². The van der Waals surface area contributed by atoms with E-state index in [1.165, 1.54) is 42.5 Å². The summed E-state index contributed by atoms with van der Waals surface area (Å²) in [5, 5.41) is 20.3. The minimum Gasteiger partial charge on any atom is -0.506 e. The maximum atomic E-state index is 12.9. The Kier molecular flexibility index (Phi) is 5.98. The molecule has 0 heterocycles. The van der Waals surface area contributed by atoms with Crippen molar-refractivity contribution in [3.05, 3.63) is 91.4 Å². The predicted octanol–water partition coefficient (Wildman–Crippen LogP) is 5.89. The van der Waals surface area contributed by atoms with Crippen molar-refractivity contribution in [1.29, 1.82) is 0 Å². The van der Waals surface area contributed by atoms with Crippen LogP contribution in [0.15, 0.2) is 54.6 Å². The van der Waals surface area contributed by atoms with Crippen LogP contribution in [0.1, 0.15) is 16.7 Å². The molecule has 0 spiro atoms. The largest absolute Gasteiger partial charge is 0.506 e. The van der Waals surface area contributed by atoms with Crippen LogP contribution in [0.5, 0.6) is 11.5 Å². The van der Waals surface area contributed by atoms with Gasteiger partial charge in [0.15, 0.2) is 4.75 Å². The van der Waals surface area contributed by atoms with Gasteiger partial charge in [-0.25, -0.2) is 0 Å². The fourth-order valence-electron chi connectivity index (χ4n) is 3.17. The molecule has 0 radical (unpaired) electrons. The van der Waals surface area contributed by atoms with Crippen molar-refractivity contribution in [3.8, 4) is 11.5 Å². The second-order valence-corrected chi connectivity index (χ2v) is 9.34. The molecule has 0 aromatic heterocycles. The molecule has 5 nitrogen and oxygen atoms in total. The van der Waals surface area contributed by atoms with Crippen LogP contribution in [-0.2, 0) is 14.9 Å². The van der Waals surface area contributed by atoms with Gasteiger partial charge in [0, 0.05) is 20.6 Å². The van der Waals surface area contributed by atoms with Gasteiger partial charge in [0.05, 0.1) is 0 Å². The van der Waals surface area contributed by atoms with Gasteiger partial charge in [-0.3, -0.25) is 4.55 Å². The van der Waals surface area contributed by atoms with E-state index in [1.54, 1.807) is 0 Å². The number of rotatable bonds is 4. The SMILES string of the molecule is O=S(=O)(O)C(c1ccc(Cl)cc1)(c1cc(O)c(Cl)c(O)c1)c1ccc(Cl)cc1Cl. The van der Waals surface area contributed by atoms with E-state index in [-0.39, 0.29) is 31.8 Å². The Morgan fingerprint density at radius 1 is 0.724 bits per heavy atom. The molecule has 1 atom stereocenters. The van der Waals surface area contributed by atoms with Crippen LogP contribution >= 0.6 is 46.4 Å². The molecular formula is C19H12Cl4O5S. The summed E-state index contributed by atoms with van der Waals surface area (Å²) in [5.41, 5.74) is -0.213. The lowest BCUT2D eigenvalue weighted by Crippen LogP contribution is -2.38. The Balaban J connectivity index is 2.56. The van der Waals surface area contributed by atoms with Gasteiger partial charge in [-0.1, -0.05) is 64.6 Å². The van der Waals surface area contributed by atoms with Crippen molar-refractivity contribution in [2.45, 2.75) is 4.75 Å². The summed E-state index contributed by atoms with van der Waals surface area (Å²) in [7, 11) is -5.02. The summed E-state index contributed by atoms with van der Waals surface area (Å²) < 4.78 is 34.0. The molecule has 29 heavy (non-hydrogen) atoms. The predicted molar refractivity (Wildman–Crippen MR) is 114 cm³/mol. The summed E-state index contributed by atoms with van der Waals surface area (Å²) in [6.07, 6.45) is 0. The molecule has 3 aromatic carbocycles. The highest BCUT2D eigenvalue weighted by molar-refractivity contribution is 7.87. The molecule has 0 aliphatic rings. The van der Waals surface area contributed by atoms with Gasteiger partial charge in [-0.15, -0.1) is 0 Å². The Hall–Kier alpha value is -1.67. The molecule has 0 fully saturated rings. The van der Waals surface area contributed by atoms with E-state index in [2.05, 4.69) is 0 Å². The standard InChI is InChI=1S/C19H12Cl4O5S/c20-12-3-1-10(2-4-12)19(29(26,27)28,14-6-5-13(21)9-15(14)22)11-7-16(24)18(23)17(25)8-11/h1-9,24-25H,(H,26,27,28). The minimum atomic E-state index is -5.02. The Morgan fingerprint density at radius 3 is 1.72 bits per heavy atom. The van der Waals surface area contributed by atoms with E-state index in [4.69, 9.17) is 46.4 Å². The fourth-order valence-corrected chi connectivity index (χ4v) is 5.32. The molecule has 0 aliphatic carbocycles. The summed E-state index contributed by atoms with van der Waals surface area (Å²) in [6.45, 7) is 0. The van der Waals surface area contributed by atoms with Gasteiger partial charge >= 0.3 is 0 Å². The molecule has 0 saturated heterocycles. The molecule has 10 heteroatoms. The van der Waals surface area contributed by atoms with Crippen LogP contribution in [-0.4, -0.2) is 23.2 Å². The van der Waals surface area contributed by atoms with E-state index < -0.39 is 26.4 Å². The average Bonchev–Trinajstić information content (AvgIpc) is 2.62. The molecule has 1 unspecified atom stereocenters. The topological polar surface area (TPSA) is 94.8 Å². The number of phenols is 2. The lowest BCUT2D eigenvalue weighted by Gasteiger charge is -2.33. The Labute approximate surface area is 186 Å². The van der Waals surface area contributed by atoms with Gasteiger partial charge in [0.25, 0.3) is 10.1 Å². The quantitative estimate of drug-likeness (QED) is 0.311. The van der Waals surface area contributed by atoms with Crippen LogP contribution in [0.25, 0.3) is 0 Å². The summed E-state index contributed by atoms with van der Waals surface area (Å²) in [4.78, 5) is 0. The fraction of sp³-hybridized carbons (Fsp3) is 0.0526. The molecule has 0 bridgehead atoms. The Morgan fingerprint density at radius 2 is 1.24 bits per heavy atom. The molecular weight excluding hydrogens is 482 g/mol. The van der Waals surface area contributed by atoms with Gasteiger partial charge in [-0.2, -0.15) is 8.42 Å². The molecule has 0 aliphatic heterocycles. The smallest absolute Gasteiger partial charge is 0.283 e. The molecule has 3 rings (SSSR count). The number of hydrogen-bond donors (Lipinski definition) is 3. The summed E-state index contributed by atoms with van der Waals surface area (Å²) in [6, 6.07) is 11.7. The van der Waals surface area contributed by atoms with Crippen LogP contribution in [0, 0.1) is 0 Å². The summed E-state index contributed by atoms with van der Waals surface area (Å²) >= 11 is 24.0. The number of phenolic OH excluding ortho intramolecular Hbond substituents is 2. The highest BCUT2D eigenvalue weighted by atomic mass is 35.5. The first-order valence-corrected chi connectivity index (χ1v) is 10.8. The van der Waals surface area contributed by atoms with Crippen LogP contribution in [0.4, 0.5) is 0 Å². The second-order valence-electron chi connectivity index (χ2n) is 6.12. The lowest BCUT2D eigenvalue weighted by atomic mass is 9.83. The van der Waals surface area contributed by atoms with Gasteiger partial charge in [-0.05, 0) is 47.5 Å². The first kappa shape index (κ1) is 22.0. The van der Waals surface area contributed by atoms with Gasteiger partial charge in [0.1, 0.15) is 16.5 Å². The molecule has 3 aromatic rings. The van der Waals surface area contributed by atoms with Gasteiger partial charge < -0.3 is 10.2 Å². The average molecular weight is 494 g/mol. The zero-order valence-corrected chi connectivity index (χ0v) is 18.1. The van der Waals surface area contributed by atoms with Crippen molar-refractivity contribution in [2.75, 3.05) is 0 Å². The third kappa shape index (κ3) is 3.77. The van der Waals surface area contributed by atoms with Crippen LogP contribution in [0.3, 0.4) is 0 Å². The third-order valence-corrected chi connectivity index (χ3v) is 7.04. The van der Waals surface area contributed by atoms with Crippen molar-refractivity contribution in [2.24, 2.45) is 0 Å². The monoisotopic (exact) mass is 492 g/mol. The van der Waals surface area contributed by atoms with Crippen molar-refractivity contribution >= 4 is 56.5 Å². The van der Waals surface area contributed by atoms with E-state index >= 15 is 0 Å². The highest BCUT2D eigenvalue weighted by Crippen LogP contribution is 2.49. The normalized spacial score (nSPS) is 13.8. The van der Waals surface area contributed by atoms with Crippen molar-refractivity contribution < 1.29 is 23.2 Å². The second kappa shape index (κ2) is 7.87. The van der Waals surface area contributed by atoms with E-state index in [0.29, 0.717) is 5.02 Å². The van der Waals surface area contributed by atoms with Gasteiger partial charge in [0.2, 0.25) is 0 Å². The molecule has 3 N–H and O–H groups in total.